The molecule has 0 atom stereocenters. The second-order valence-corrected chi connectivity index (χ2v) is 6.04. The van der Waals surface area contributed by atoms with Gasteiger partial charge in [-0.15, -0.1) is 11.3 Å². The standard InChI is InChI=1S/C16H11ClOS/c17-14-6-11(5-12(7-14)10-18)8-15-9-13-3-1-2-4-16(13)19-15/h1-7,9-10H,8H2. The summed E-state index contributed by atoms with van der Waals surface area (Å²) in [4.78, 5) is 12.1. The Bertz CT molecular complexity index is 712. The van der Waals surface area contributed by atoms with Gasteiger partial charge in [-0.3, -0.25) is 4.79 Å². The van der Waals surface area contributed by atoms with Gasteiger partial charge in [0.2, 0.25) is 0 Å². The average Bonchev–Trinajstić information content (AvgIpc) is 2.80. The van der Waals surface area contributed by atoms with Gasteiger partial charge in [-0.05, 0) is 41.3 Å². The normalized spacial score (nSPS) is 10.8. The molecule has 3 aromatic rings. The minimum atomic E-state index is 0.612. The number of halogens is 1. The van der Waals surface area contributed by atoms with E-state index in [-0.39, 0.29) is 0 Å². The van der Waals surface area contributed by atoms with Crippen LogP contribution in [0.1, 0.15) is 20.8 Å². The Labute approximate surface area is 120 Å². The van der Waals surface area contributed by atoms with Crippen LogP contribution in [-0.4, -0.2) is 6.29 Å². The number of hydrogen-bond acceptors (Lipinski definition) is 2. The van der Waals surface area contributed by atoms with Crippen LogP contribution < -0.4 is 0 Å². The molecule has 3 rings (SSSR count). The van der Waals surface area contributed by atoms with E-state index in [4.69, 9.17) is 11.6 Å². The summed E-state index contributed by atoms with van der Waals surface area (Å²) in [6.07, 6.45) is 1.64. The highest BCUT2D eigenvalue weighted by atomic mass is 35.5. The lowest BCUT2D eigenvalue weighted by Gasteiger charge is -2.01. The zero-order valence-corrected chi connectivity index (χ0v) is 11.7. The largest absolute Gasteiger partial charge is 0.298 e. The molecule has 0 aliphatic carbocycles. The quantitative estimate of drug-likeness (QED) is 0.622. The van der Waals surface area contributed by atoms with Crippen molar-refractivity contribution in [1.29, 1.82) is 0 Å². The van der Waals surface area contributed by atoms with Crippen molar-refractivity contribution in [3.8, 4) is 0 Å². The highest BCUT2D eigenvalue weighted by molar-refractivity contribution is 7.19. The number of thiophene rings is 1. The van der Waals surface area contributed by atoms with Gasteiger partial charge < -0.3 is 0 Å². The zero-order chi connectivity index (χ0) is 13.2. The third-order valence-corrected chi connectivity index (χ3v) is 4.31. The summed E-state index contributed by atoms with van der Waals surface area (Å²) in [7, 11) is 0. The molecule has 3 heteroatoms. The van der Waals surface area contributed by atoms with Gasteiger partial charge in [-0.25, -0.2) is 0 Å². The molecule has 19 heavy (non-hydrogen) atoms. The molecule has 0 fully saturated rings. The van der Waals surface area contributed by atoms with Gasteiger partial charge >= 0.3 is 0 Å². The molecule has 2 aromatic carbocycles. The zero-order valence-electron chi connectivity index (χ0n) is 10.1. The van der Waals surface area contributed by atoms with Crippen LogP contribution in [0.2, 0.25) is 5.02 Å². The first-order valence-electron chi connectivity index (χ1n) is 5.97. The molecule has 0 amide bonds. The van der Waals surface area contributed by atoms with E-state index in [2.05, 4.69) is 18.2 Å². The van der Waals surface area contributed by atoms with Crippen molar-refractivity contribution in [2.24, 2.45) is 0 Å². The molecule has 1 heterocycles. The SMILES string of the molecule is O=Cc1cc(Cl)cc(Cc2cc3ccccc3s2)c1. The third-order valence-electron chi connectivity index (χ3n) is 2.97. The maximum absolute atomic E-state index is 10.8. The minimum absolute atomic E-state index is 0.612. The van der Waals surface area contributed by atoms with Gasteiger partial charge in [0.15, 0.2) is 0 Å². The Morgan fingerprint density at radius 1 is 1.11 bits per heavy atom. The van der Waals surface area contributed by atoms with Gasteiger partial charge in [0, 0.05) is 26.6 Å². The molecule has 1 aromatic heterocycles. The average molecular weight is 287 g/mol. The van der Waals surface area contributed by atoms with Crippen molar-refractivity contribution in [3.63, 3.8) is 0 Å². The molecule has 0 bridgehead atoms. The predicted octanol–water partition coefficient (Wildman–Crippen LogP) is 4.96. The topological polar surface area (TPSA) is 17.1 Å². The van der Waals surface area contributed by atoms with Crippen molar-refractivity contribution >= 4 is 39.3 Å². The second-order valence-electron chi connectivity index (χ2n) is 4.44. The van der Waals surface area contributed by atoms with E-state index in [0.717, 1.165) is 18.3 Å². The molecule has 1 nitrogen and oxygen atoms in total. The molecule has 0 unspecified atom stereocenters. The molecule has 0 saturated carbocycles. The Morgan fingerprint density at radius 2 is 1.95 bits per heavy atom. The van der Waals surface area contributed by atoms with E-state index in [1.807, 2.05) is 24.3 Å². The van der Waals surface area contributed by atoms with E-state index in [9.17, 15) is 4.79 Å². The highest BCUT2D eigenvalue weighted by Gasteiger charge is 2.04. The summed E-state index contributed by atoms with van der Waals surface area (Å²) in [6.45, 7) is 0. The summed E-state index contributed by atoms with van der Waals surface area (Å²) < 4.78 is 1.29. The Morgan fingerprint density at radius 3 is 2.74 bits per heavy atom. The van der Waals surface area contributed by atoms with Crippen LogP contribution in [0, 0.1) is 0 Å². The van der Waals surface area contributed by atoms with Crippen molar-refractivity contribution < 1.29 is 4.79 Å². The molecule has 0 N–H and O–H groups in total. The fourth-order valence-corrected chi connectivity index (χ4v) is 3.54. The number of benzene rings is 2. The van der Waals surface area contributed by atoms with Crippen LogP contribution in [0.25, 0.3) is 10.1 Å². The van der Waals surface area contributed by atoms with Gasteiger partial charge in [0.25, 0.3) is 0 Å². The fourth-order valence-electron chi connectivity index (χ4n) is 2.17. The maximum atomic E-state index is 10.8. The fraction of sp³-hybridized carbons (Fsp3) is 0.0625. The van der Waals surface area contributed by atoms with E-state index in [1.54, 1.807) is 17.4 Å². The predicted molar refractivity (Wildman–Crippen MR) is 81.5 cm³/mol. The van der Waals surface area contributed by atoms with Crippen molar-refractivity contribution in [2.75, 3.05) is 0 Å². The number of aldehydes is 1. The van der Waals surface area contributed by atoms with Gasteiger partial charge in [0.1, 0.15) is 6.29 Å². The van der Waals surface area contributed by atoms with Crippen LogP contribution >= 0.6 is 22.9 Å². The summed E-state index contributed by atoms with van der Waals surface area (Å²) in [5.74, 6) is 0. The first-order valence-corrected chi connectivity index (χ1v) is 7.16. The lowest BCUT2D eigenvalue weighted by molar-refractivity contribution is 0.112. The molecule has 0 spiro atoms. The van der Waals surface area contributed by atoms with Gasteiger partial charge in [-0.2, -0.15) is 0 Å². The third kappa shape index (κ3) is 2.70. The number of hydrogen-bond donors (Lipinski definition) is 0. The Kier molecular flexibility index (Phi) is 3.36. The molecule has 0 aliphatic rings. The highest BCUT2D eigenvalue weighted by Crippen LogP contribution is 2.28. The molecule has 0 aliphatic heterocycles. The first-order chi connectivity index (χ1) is 9.24. The summed E-state index contributed by atoms with van der Waals surface area (Å²) in [6, 6.07) is 16.0. The van der Waals surface area contributed by atoms with Crippen molar-refractivity contribution in [2.45, 2.75) is 6.42 Å². The van der Waals surface area contributed by atoms with E-state index >= 15 is 0 Å². The van der Waals surface area contributed by atoms with Crippen LogP contribution in [0.5, 0.6) is 0 Å². The Balaban J connectivity index is 1.96. The molecule has 0 saturated heterocycles. The molecule has 0 radical (unpaired) electrons. The lowest BCUT2D eigenvalue weighted by Crippen LogP contribution is -1.88. The van der Waals surface area contributed by atoms with Crippen molar-refractivity contribution in [3.05, 3.63) is 69.6 Å². The second kappa shape index (κ2) is 5.16. The number of carbonyl (C=O) groups is 1. The van der Waals surface area contributed by atoms with E-state index in [1.165, 1.54) is 15.0 Å². The molecule has 94 valence electrons. The molecular weight excluding hydrogens is 276 g/mol. The van der Waals surface area contributed by atoms with Crippen molar-refractivity contribution in [1.82, 2.24) is 0 Å². The van der Waals surface area contributed by atoms with Gasteiger partial charge in [-0.1, -0.05) is 29.8 Å². The number of rotatable bonds is 3. The van der Waals surface area contributed by atoms with Crippen LogP contribution in [0.3, 0.4) is 0 Å². The van der Waals surface area contributed by atoms with Crippen LogP contribution in [0.15, 0.2) is 48.5 Å². The summed E-state index contributed by atoms with van der Waals surface area (Å²) in [5, 5.41) is 1.88. The lowest BCUT2D eigenvalue weighted by atomic mass is 10.1. The Hall–Kier alpha value is -1.64. The van der Waals surface area contributed by atoms with Crippen LogP contribution in [-0.2, 0) is 6.42 Å². The van der Waals surface area contributed by atoms with Gasteiger partial charge in [0.05, 0.1) is 0 Å². The summed E-state index contributed by atoms with van der Waals surface area (Å²) in [5.41, 5.74) is 1.70. The monoisotopic (exact) mass is 286 g/mol. The minimum Gasteiger partial charge on any atom is -0.298 e. The van der Waals surface area contributed by atoms with E-state index < -0.39 is 0 Å². The summed E-state index contributed by atoms with van der Waals surface area (Å²) >= 11 is 7.80. The maximum Gasteiger partial charge on any atom is 0.150 e. The smallest absolute Gasteiger partial charge is 0.150 e. The van der Waals surface area contributed by atoms with Crippen LogP contribution in [0.4, 0.5) is 0 Å². The number of carbonyl (C=O) groups excluding carboxylic acids is 1. The first kappa shape index (κ1) is 12.4. The molecular formula is C16H11ClOS. The number of fused-ring (bicyclic) bond motifs is 1. The van der Waals surface area contributed by atoms with E-state index in [0.29, 0.717) is 10.6 Å².